The molecule has 1 spiro atoms. The van der Waals surface area contributed by atoms with E-state index in [4.69, 9.17) is 4.74 Å². The number of amides is 1. The zero-order chi connectivity index (χ0) is 15.7. The highest BCUT2D eigenvalue weighted by Gasteiger charge is 2.39. The normalized spacial score (nSPS) is 20.4. The summed E-state index contributed by atoms with van der Waals surface area (Å²) in [6.45, 7) is 3.33. The van der Waals surface area contributed by atoms with Gasteiger partial charge in [0.1, 0.15) is 11.4 Å². The lowest BCUT2D eigenvalue weighted by atomic mass is 9.91. The minimum atomic E-state index is -0.301. The van der Waals surface area contributed by atoms with Gasteiger partial charge in [-0.25, -0.2) is 0 Å². The number of carbonyl (C=O) groups excluding carboxylic acids is 1. The molecular weight excluding hydrogens is 312 g/mol. The van der Waals surface area contributed by atoms with E-state index in [0.29, 0.717) is 17.9 Å². The molecule has 0 bridgehead atoms. The Morgan fingerprint density at radius 1 is 1.30 bits per heavy atom. The number of rotatable bonds is 2. The standard InChI is InChI=1S/C16H18N4O2S/c21-15-13-3-1-2-4-14(13)22-16(11-17-15)5-7-20(8-6-16)10-12-9-18-19-23-12/h1-4,9H,5-8,10-11H2,(H,17,21). The van der Waals surface area contributed by atoms with E-state index in [1.165, 1.54) is 16.4 Å². The van der Waals surface area contributed by atoms with Crippen LogP contribution in [0.2, 0.25) is 0 Å². The molecule has 2 aromatic rings. The van der Waals surface area contributed by atoms with Gasteiger partial charge in [-0.2, -0.15) is 0 Å². The van der Waals surface area contributed by atoms with Crippen molar-refractivity contribution in [2.75, 3.05) is 19.6 Å². The van der Waals surface area contributed by atoms with E-state index < -0.39 is 0 Å². The van der Waals surface area contributed by atoms with Crippen molar-refractivity contribution < 1.29 is 9.53 Å². The molecule has 1 N–H and O–H groups in total. The molecule has 0 aliphatic carbocycles. The van der Waals surface area contributed by atoms with E-state index >= 15 is 0 Å². The molecule has 2 aliphatic rings. The van der Waals surface area contributed by atoms with Gasteiger partial charge in [-0.1, -0.05) is 16.6 Å². The Morgan fingerprint density at radius 2 is 2.13 bits per heavy atom. The van der Waals surface area contributed by atoms with Gasteiger partial charge in [0.15, 0.2) is 0 Å². The number of piperidine rings is 1. The second-order valence-corrected chi connectivity index (χ2v) is 6.99. The Balaban J connectivity index is 1.47. The number of fused-ring (bicyclic) bond motifs is 1. The van der Waals surface area contributed by atoms with Crippen molar-refractivity contribution >= 4 is 17.4 Å². The van der Waals surface area contributed by atoms with Crippen LogP contribution in [0.4, 0.5) is 0 Å². The van der Waals surface area contributed by atoms with Gasteiger partial charge < -0.3 is 10.1 Å². The number of hydrogen-bond acceptors (Lipinski definition) is 6. The van der Waals surface area contributed by atoms with Crippen LogP contribution in [0.25, 0.3) is 0 Å². The Hall–Kier alpha value is -1.99. The second kappa shape index (κ2) is 5.90. The smallest absolute Gasteiger partial charge is 0.255 e. The number of hydrogen-bond donors (Lipinski definition) is 1. The number of benzene rings is 1. The predicted octanol–water partition coefficient (Wildman–Crippen LogP) is 1.70. The molecule has 0 unspecified atom stereocenters. The first kappa shape index (κ1) is 14.6. The summed E-state index contributed by atoms with van der Waals surface area (Å²) in [6, 6.07) is 7.48. The Bertz CT molecular complexity index is 696. The van der Waals surface area contributed by atoms with Crippen molar-refractivity contribution in [1.29, 1.82) is 0 Å². The van der Waals surface area contributed by atoms with Gasteiger partial charge in [0.05, 0.1) is 23.2 Å². The number of ether oxygens (including phenoxy) is 1. The van der Waals surface area contributed by atoms with Crippen molar-refractivity contribution in [3.63, 3.8) is 0 Å². The van der Waals surface area contributed by atoms with Gasteiger partial charge in [-0.3, -0.25) is 9.69 Å². The Labute approximate surface area is 138 Å². The van der Waals surface area contributed by atoms with Crippen LogP contribution < -0.4 is 10.1 Å². The number of para-hydroxylation sites is 1. The fraction of sp³-hybridized carbons (Fsp3) is 0.438. The molecule has 4 rings (SSSR count). The zero-order valence-electron chi connectivity index (χ0n) is 12.7. The fourth-order valence-electron chi connectivity index (χ4n) is 3.22. The average molecular weight is 330 g/mol. The maximum absolute atomic E-state index is 12.2. The number of nitrogens with zero attached hydrogens (tertiary/aromatic N) is 3. The summed E-state index contributed by atoms with van der Waals surface area (Å²) in [7, 11) is 0. The van der Waals surface area contributed by atoms with Crippen LogP contribution in [-0.4, -0.2) is 45.6 Å². The lowest BCUT2D eigenvalue weighted by Crippen LogP contribution is -2.52. The van der Waals surface area contributed by atoms with Crippen LogP contribution in [0, 0.1) is 0 Å². The highest BCUT2D eigenvalue weighted by Crippen LogP contribution is 2.33. The van der Waals surface area contributed by atoms with Gasteiger partial charge in [0.25, 0.3) is 5.91 Å². The third-order valence-electron chi connectivity index (χ3n) is 4.58. The molecule has 1 aromatic carbocycles. The van der Waals surface area contributed by atoms with Gasteiger partial charge in [-0.05, 0) is 23.7 Å². The SMILES string of the molecule is O=C1NCC2(CCN(Cc3cnns3)CC2)Oc2ccccc21. The van der Waals surface area contributed by atoms with Crippen LogP contribution >= 0.6 is 11.5 Å². The van der Waals surface area contributed by atoms with Gasteiger partial charge >= 0.3 is 0 Å². The molecule has 2 aliphatic heterocycles. The summed E-state index contributed by atoms with van der Waals surface area (Å²) >= 11 is 1.45. The van der Waals surface area contributed by atoms with Crippen LogP contribution in [0.1, 0.15) is 28.1 Å². The number of likely N-dealkylation sites (tertiary alicyclic amines) is 1. The molecule has 1 aromatic heterocycles. The maximum Gasteiger partial charge on any atom is 0.255 e. The van der Waals surface area contributed by atoms with E-state index in [9.17, 15) is 4.79 Å². The minimum Gasteiger partial charge on any atom is -0.485 e. The topological polar surface area (TPSA) is 67.4 Å². The van der Waals surface area contributed by atoms with Crippen LogP contribution in [0.3, 0.4) is 0 Å². The van der Waals surface area contributed by atoms with E-state index in [-0.39, 0.29) is 11.5 Å². The first-order chi connectivity index (χ1) is 11.2. The summed E-state index contributed by atoms with van der Waals surface area (Å²) < 4.78 is 10.2. The lowest BCUT2D eigenvalue weighted by Gasteiger charge is -2.40. The maximum atomic E-state index is 12.2. The molecule has 0 saturated carbocycles. The molecule has 7 heteroatoms. The third-order valence-corrected chi connectivity index (χ3v) is 5.23. The molecule has 3 heterocycles. The molecular formula is C16H18N4O2S. The summed E-state index contributed by atoms with van der Waals surface area (Å²) in [4.78, 5) is 15.8. The number of nitrogens with one attached hydrogen (secondary N) is 1. The fourth-order valence-corrected chi connectivity index (χ4v) is 3.76. The lowest BCUT2D eigenvalue weighted by molar-refractivity contribution is 0.00418. The number of aromatic nitrogens is 2. The first-order valence-corrected chi connectivity index (χ1v) is 8.56. The number of carbonyl (C=O) groups is 1. The van der Waals surface area contributed by atoms with Crippen molar-refractivity contribution in [3.8, 4) is 5.75 Å². The Morgan fingerprint density at radius 3 is 2.91 bits per heavy atom. The molecule has 120 valence electrons. The van der Waals surface area contributed by atoms with Crippen molar-refractivity contribution in [2.45, 2.75) is 25.0 Å². The molecule has 23 heavy (non-hydrogen) atoms. The highest BCUT2D eigenvalue weighted by atomic mass is 32.1. The molecule has 0 atom stereocenters. The van der Waals surface area contributed by atoms with Gasteiger partial charge in [-0.15, -0.1) is 5.10 Å². The summed E-state index contributed by atoms with van der Waals surface area (Å²) in [5, 5.41) is 6.91. The first-order valence-electron chi connectivity index (χ1n) is 7.79. The summed E-state index contributed by atoms with van der Waals surface area (Å²) in [5.74, 6) is 0.651. The van der Waals surface area contributed by atoms with E-state index in [2.05, 4.69) is 19.8 Å². The molecule has 1 amide bonds. The van der Waals surface area contributed by atoms with Crippen LogP contribution in [0.5, 0.6) is 5.75 Å². The molecule has 0 radical (unpaired) electrons. The van der Waals surface area contributed by atoms with Crippen molar-refractivity contribution in [2.24, 2.45) is 0 Å². The monoisotopic (exact) mass is 330 g/mol. The van der Waals surface area contributed by atoms with Crippen molar-refractivity contribution in [3.05, 3.63) is 40.9 Å². The van der Waals surface area contributed by atoms with E-state index in [0.717, 1.165) is 32.5 Å². The van der Waals surface area contributed by atoms with Crippen LogP contribution in [-0.2, 0) is 6.54 Å². The Kier molecular flexibility index (Phi) is 3.74. The van der Waals surface area contributed by atoms with Gasteiger partial charge in [0, 0.05) is 32.5 Å². The molecule has 6 nitrogen and oxygen atoms in total. The summed E-state index contributed by atoms with van der Waals surface area (Å²) in [5.41, 5.74) is 0.326. The quantitative estimate of drug-likeness (QED) is 0.908. The largest absolute Gasteiger partial charge is 0.485 e. The molecule has 1 fully saturated rings. The highest BCUT2D eigenvalue weighted by molar-refractivity contribution is 7.05. The molecule has 1 saturated heterocycles. The summed E-state index contributed by atoms with van der Waals surface area (Å²) in [6.07, 6.45) is 3.62. The second-order valence-electron chi connectivity index (χ2n) is 6.12. The predicted molar refractivity (Wildman–Crippen MR) is 86.6 cm³/mol. The van der Waals surface area contributed by atoms with Crippen LogP contribution in [0.15, 0.2) is 30.5 Å². The zero-order valence-corrected chi connectivity index (χ0v) is 13.5. The van der Waals surface area contributed by atoms with E-state index in [1.807, 2.05) is 30.5 Å². The van der Waals surface area contributed by atoms with Crippen molar-refractivity contribution in [1.82, 2.24) is 19.8 Å². The van der Waals surface area contributed by atoms with E-state index in [1.54, 1.807) is 0 Å². The third kappa shape index (κ3) is 2.94. The average Bonchev–Trinajstić information content (AvgIpc) is 3.04. The minimum absolute atomic E-state index is 0.0457. The van der Waals surface area contributed by atoms with Gasteiger partial charge in [0.2, 0.25) is 0 Å².